The smallest absolute Gasteiger partial charge is 0.265 e. The lowest BCUT2D eigenvalue weighted by Gasteiger charge is -2.28. The van der Waals surface area contributed by atoms with Gasteiger partial charge in [0.15, 0.2) is 6.61 Å². The number of anilines is 1. The fraction of sp³-hybridized carbons (Fsp3) is 0.286. The Hall–Kier alpha value is -3.35. The van der Waals surface area contributed by atoms with Crippen molar-refractivity contribution in [1.82, 2.24) is 5.43 Å². The molecule has 0 bridgehead atoms. The standard InChI is InChI=1S/C21H23N3O4/c1-15(7-8-16-9-11-17(27-2)12-10-16)22-23-20(25)13-24-18-5-3-4-6-19(18)28-14-21(24)26/h3-6,9-12H,7-8,13-14H2,1-2H3,(H,23,25)/b22-15-. The van der Waals surface area contributed by atoms with Crippen molar-refractivity contribution >= 4 is 23.2 Å². The van der Waals surface area contributed by atoms with Crippen LogP contribution in [0.25, 0.3) is 0 Å². The van der Waals surface area contributed by atoms with E-state index in [0.29, 0.717) is 17.9 Å². The number of carbonyl (C=O) groups excluding carboxylic acids is 2. The molecular formula is C21H23N3O4. The summed E-state index contributed by atoms with van der Waals surface area (Å²) in [6.45, 7) is 1.68. The molecule has 1 aliphatic rings. The number of fused-ring (bicyclic) bond motifs is 1. The zero-order valence-corrected chi connectivity index (χ0v) is 16.0. The first-order chi connectivity index (χ1) is 13.6. The summed E-state index contributed by atoms with van der Waals surface area (Å²) in [7, 11) is 1.64. The summed E-state index contributed by atoms with van der Waals surface area (Å²) < 4.78 is 10.5. The van der Waals surface area contributed by atoms with E-state index in [9.17, 15) is 9.59 Å². The van der Waals surface area contributed by atoms with Gasteiger partial charge in [-0.2, -0.15) is 5.10 Å². The van der Waals surface area contributed by atoms with Crippen LogP contribution in [0.4, 0.5) is 5.69 Å². The molecule has 0 fully saturated rings. The first-order valence-electron chi connectivity index (χ1n) is 9.04. The van der Waals surface area contributed by atoms with Crippen LogP contribution in [0.1, 0.15) is 18.9 Å². The number of nitrogens with one attached hydrogen (secondary N) is 1. The molecule has 0 saturated heterocycles. The molecule has 0 unspecified atom stereocenters. The summed E-state index contributed by atoms with van der Waals surface area (Å²) in [4.78, 5) is 25.8. The summed E-state index contributed by atoms with van der Waals surface area (Å²) in [5, 5.41) is 4.14. The molecule has 146 valence electrons. The van der Waals surface area contributed by atoms with E-state index < -0.39 is 0 Å². The SMILES string of the molecule is COc1ccc(CC/C(C)=N\NC(=O)CN2C(=O)COc3ccccc32)cc1. The number of rotatable bonds is 7. The van der Waals surface area contributed by atoms with Gasteiger partial charge in [-0.25, -0.2) is 5.43 Å². The number of hydrogen-bond acceptors (Lipinski definition) is 5. The van der Waals surface area contributed by atoms with E-state index in [2.05, 4.69) is 10.5 Å². The van der Waals surface area contributed by atoms with Gasteiger partial charge in [0, 0.05) is 5.71 Å². The van der Waals surface area contributed by atoms with Gasteiger partial charge in [0.05, 0.1) is 12.8 Å². The molecule has 7 nitrogen and oxygen atoms in total. The van der Waals surface area contributed by atoms with E-state index in [-0.39, 0.29) is 25.0 Å². The molecule has 7 heteroatoms. The molecule has 0 radical (unpaired) electrons. The van der Waals surface area contributed by atoms with E-state index in [4.69, 9.17) is 9.47 Å². The number of methoxy groups -OCH3 is 1. The van der Waals surface area contributed by atoms with Crippen LogP contribution in [0.3, 0.4) is 0 Å². The Bertz CT molecular complexity index is 877. The molecule has 0 atom stereocenters. The van der Waals surface area contributed by atoms with Gasteiger partial charge in [0.2, 0.25) is 0 Å². The maximum Gasteiger partial charge on any atom is 0.265 e. The molecule has 1 heterocycles. The number of carbonyl (C=O) groups is 2. The van der Waals surface area contributed by atoms with Gasteiger partial charge >= 0.3 is 0 Å². The first kappa shape index (κ1) is 19.4. The second kappa shape index (κ2) is 9.03. The van der Waals surface area contributed by atoms with Crippen molar-refractivity contribution in [3.05, 3.63) is 54.1 Å². The van der Waals surface area contributed by atoms with E-state index in [1.165, 1.54) is 4.90 Å². The van der Waals surface area contributed by atoms with Crippen LogP contribution >= 0.6 is 0 Å². The lowest BCUT2D eigenvalue weighted by Crippen LogP contribution is -2.44. The molecule has 0 aromatic heterocycles. The molecule has 1 aliphatic heterocycles. The molecule has 2 aromatic carbocycles. The second-order valence-electron chi connectivity index (χ2n) is 6.47. The van der Waals surface area contributed by atoms with Crippen LogP contribution in [-0.2, 0) is 16.0 Å². The number of ether oxygens (including phenoxy) is 2. The van der Waals surface area contributed by atoms with Crippen molar-refractivity contribution < 1.29 is 19.1 Å². The van der Waals surface area contributed by atoms with Crippen molar-refractivity contribution in [1.29, 1.82) is 0 Å². The van der Waals surface area contributed by atoms with Crippen molar-refractivity contribution in [3.8, 4) is 11.5 Å². The number of amides is 2. The monoisotopic (exact) mass is 381 g/mol. The van der Waals surface area contributed by atoms with E-state index >= 15 is 0 Å². The number of para-hydroxylation sites is 2. The Kier molecular flexibility index (Phi) is 6.26. The Morgan fingerprint density at radius 1 is 1.21 bits per heavy atom. The van der Waals surface area contributed by atoms with Crippen LogP contribution < -0.4 is 19.8 Å². The molecule has 28 heavy (non-hydrogen) atoms. The average molecular weight is 381 g/mol. The van der Waals surface area contributed by atoms with Crippen molar-refractivity contribution in [2.45, 2.75) is 19.8 Å². The van der Waals surface area contributed by atoms with Crippen LogP contribution in [-0.4, -0.2) is 37.8 Å². The molecule has 0 saturated carbocycles. The van der Waals surface area contributed by atoms with Crippen LogP contribution in [0, 0.1) is 0 Å². The summed E-state index contributed by atoms with van der Waals surface area (Å²) in [6.07, 6.45) is 1.52. The predicted molar refractivity (Wildman–Crippen MR) is 107 cm³/mol. The van der Waals surface area contributed by atoms with Crippen LogP contribution in [0.2, 0.25) is 0 Å². The topological polar surface area (TPSA) is 80.2 Å². The molecule has 2 amide bonds. The highest BCUT2D eigenvalue weighted by molar-refractivity contribution is 6.02. The summed E-state index contributed by atoms with van der Waals surface area (Å²) in [6, 6.07) is 15.0. The Balaban J connectivity index is 1.52. The zero-order chi connectivity index (χ0) is 19.9. The predicted octanol–water partition coefficient (Wildman–Crippen LogP) is 2.55. The molecular weight excluding hydrogens is 358 g/mol. The van der Waals surface area contributed by atoms with Gasteiger partial charge in [0.1, 0.15) is 18.0 Å². The van der Waals surface area contributed by atoms with Gasteiger partial charge in [-0.3, -0.25) is 14.5 Å². The summed E-state index contributed by atoms with van der Waals surface area (Å²) in [5.41, 5.74) is 5.09. The third-order valence-electron chi connectivity index (χ3n) is 4.42. The average Bonchev–Trinajstić information content (AvgIpc) is 2.73. The van der Waals surface area contributed by atoms with Crippen molar-refractivity contribution in [2.75, 3.05) is 25.2 Å². The number of hydrogen-bond donors (Lipinski definition) is 1. The minimum Gasteiger partial charge on any atom is -0.497 e. The van der Waals surface area contributed by atoms with Gasteiger partial charge in [-0.1, -0.05) is 24.3 Å². The highest BCUT2D eigenvalue weighted by atomic mass is 16.5. The third-order valence-corrected chi connectivity index (χ3v) is 4.42. The fourth-order valence-corrected chi connectivity index (χ4v) is 2.84. The van der Waals surface area contributed by atoms with Gasteiger partial charge in [-0.05, 0) is 49.6 Å². The lowest BCUT2D eigenvalue weighted by molar-refractivity contribution is -0.125. The number of benzene rings is 2. The third kappa shape index (κ3) is 4.88. The number of aryl methyl sites for hydroxylation is 1. The minimum absolute atomic E-state index is 0.0750. The summed E-state index contributed by atoms with van der Waals surface area (Å²) in [5.74, 6) is 0.803. The maximum absolute atomic E-state index is 12.2. The van der Waals surface area contributed by atoms with Gasteiger partial charge < -0.3 is 9.47 Å². The number of nitrogens with zero attached hydrogens (tertiary/aromatic N) is 2. The number of hydrazone groups is 1. The van der Waals surface area contributed by atoms with Crippen LogP contribution in [0.15, 0.2) is 53.6 Å². The molecule has 0 spiro atoms. The Morgan fingerprint density at radius 2 is 1.96 bits per heavy atom. The highest BCUT2D eigenvalue weighted by Crippen LogP contribution is 2.31. The maximum atomic E-state index is 12.2. The molecule has 3 rings (SSSR count). The van der Waals surface area contributed by atoms with E-state index in [0.717, 1.165) is 23.4 Å². The van der Waals surface area contributed by atoms with Crippen molar-refractivity contribution in [3.63, 3.8) is 0 Å². The Labute approximate surface area is 163 Å². The molecule has 0 aliphatic carbocycles. The van der Waals surface area contributed by atoms with Gasteiger partial charge in [-0.15, -0.1) is 0 Å². The van der Waals surface area contributed by atoms with Crippen molar-refractivity contribution in [2.24, 2.45) is 5.10 Å². The molecule has 2 aromatic rings. The van der Waals surface area contributed by atoms with E-state index in [1.54, 1.807) is 25.3 Å². The largest absolute Gasteiger partial charge is 0.497 e. The lowest BCUT2D eigenvalue weighted by atomic mass is 10.1. The Morgan fingerprint density at radius 3 is 2.71 bits per heavy atom. The van der Waals surface area contributed by atoms with Gasteiger partial charge in [0.25, 0.3) is 11.8 Å². The molecule has 1 N–H and O–H groups in total. The highest BCUT2D eigenvalue weighted by Gasteiger charge is 2.26. The summed E-state index contributed by atoms with van der Waals surface area (Å²) >= 11 is 0. The van der Waals surface area contributed by atoms with E-state index in [1.807, 2.05) is 37.3 Å². The normalized spacial score (nSPS) is 13.6. The minimum atomic E-state index is -0.353. The fourth-order valence-electron chi connectivity index (χ4n) is 2.84. The zero-order valence-electron chi connectivity index (χ0n) is 16.0. The quantitative estimate of drug-likeness (QED) is 0.590. The first-order valence-corrected chi connectivity index (χ1v) is 9.04. The second-order valence-corrected chi connectivity index (χ2v) is 6.47. The van der Waals surface area contributed by atoms with Crippen LogP contribution in [0.5, 0.6) is 11.5 Å².